The van der Waals surface area contributed by atoms with Crippen LogP contribution in [0.2, 0.25) is 0 Å². The van der Waals surface area contributed by atoms with Gasteiger partial charge >= 0.3 is 18.0 Å². The van der Waals surface area contributed by atoms with Crippen LogP contribution in [0.25, 0.3) is 23.1 Å². The van der Waals surface area contributed by atoms with E-state index in [1.807, 2.05) is 0 Å². The van der Waals surface area contributed by atoms with Crippen molar-refractivity contribution in [2.75, 3.05) is 59.4 Å². The van der Waals surface area contributed by atoms with E-state index in [4.69, 9.17) is 38.5 Å². The van der Waals surface area contributed by atoms with E-state index >= 15 is 4.79 Å². The van der Waals surface area contributed by atoms with Gasteiger partial charge in [0, 0.05) is 67.3 Å². The molecule has 25 N–H and O–H groups in total. The summed E-state index contributed by atoms with van der Waals surface area (Å²) in [6.45, 7) is 5.06. The molecule has 41 heteroatoms. The molecule has 6 rings (SSSR count). The van der Waals surface area contributed by atoms with Crippen LogP contribution in [0, 0.1) is 5.92 Å². The number of amides is 13. The molecule has 0 radical (unpaired) electrons. The summed E-state index contributed by atoms with van der Waals surface area (Å²) >= 11 is 1.25. The molecule has 1 aliphatic rings. The van der Waals surface area contributed by atoms with Crippen molar-refractivity contribution in [2.45, 2.75) is 194 Å². The highest BCUT2D eigenvalue weighted by molar-refractivity contribution is 7.99. The van der Waals surface area contributed by atoms with E-state index in [1.165, 1.54) is 37.6 Å². The number of pyridine rings is 1. The second kappa shape index (κ2) is 49.6. The number of benzene rings is 3. The predicted octanol–water partition coefficient (Wildman–Crippen LogP) is -3.27. The zero-order chi connectivity index (χ0) is 89.0. The normalized spacial score (nSPS) is 19.5. The summed E-state index contributed by atoms with van der Waals surface area (Å²) in [6, 6.07) is 9.49. The molecular formula is C80H113N21O19S. The molecule has 0 aliphatic carbocycles. The SMILES string of the molecule is CNC(=O)c1ccccc1Sc1ccc2c(/C=C/c3ccccn3)nn(C(=O)N(CCNC(=O)CC[C@@H](N)C(=O)O)CC(C)OC(=O)CCC(=O)N[C@H](C(=O)N[C@@H](CCN)C(=O)N[C@H]3CCNC(=O)[C@H]([C@@H](C)O)NC(=O)[C@H](CCN)NC(=O)[C@H](CCN)NC(=O)[C@H](CC(C)C)NC(=O)[C@@H](Cc4ccccc4)NC(=O)[C@H](CCN)NC3=O)[C@H](C)O)c2c1. The van der Waals surface area contributed by atoms with Gasteiger partial charge in [-0.2, -0.15) is 9.78 Å². The third-order valence-electron chi connectivity index (χ3n) is 19.0. The first-order valence-corrected chi connectivity index (χ1v) is 40.6. The highest BCUT2D eigenvalue weighted by Gasteiger charge is 2.38. The van der Waals surface area contributed by atoms with Gasteiger partial charge in [0.15, 0.2) is 0 Å². The lowest BCUT2D eigenvalue weighted by Crippen LogP contribution is -2.61. The molecule has 1 saturated heterocycles. The summed E-state index contributed by atoms with van der Waals surface area (Å²) < 4.78 is 6.85. The predicted molar refractivity (Wildman–Crippen MR) is 445 cm³/mol. The first kappa shape index (κ1) is 98.0. The number of aliphatic carboxylic acids is 1. The van der Waals surface area contributed by atoms with Gasteiger partial charge in [-0.3, -0.25) is 72.1 Å². The molecule has 0 saturated carbocycles. The Labute approximate surface area is 703 Å². The number of esters is 1. The number of rotatable bonds is 37. The van der Waals surface area contributed by atoms with Gasteiger partial charge in [-0.15, -0.1) is 0 Å². The van der Waals surface area contributed by atoms with Crippen molar-refractivity contribution < 1.29 is 92.0 Å². The maximum absolute atomic E-state index is 15.1. The van der Waals surface area contributed by atoms with E-state index in [9.17, 15) is 82.4 Å². The van der Waals surface area contributed by atoms with E-state index in [1.54, 1.807) is 123 Å². The Balaban J connectivity index is 1.22. The average Bonchev–Trinajstić information content (AvgIpc) is 1.63. The van der Waals surface area contributed by atoms with Gasteiger partial charge in [-0.05, 0) is 158 Å². The van der Waals surface area contributed by atoms with Gasteiger partial charge in [0.05, 0.1) is 47.6 Å². The van der Waals surface area contributed by atoms with E-state index in [0.29, 0.717) is 43.2 Å². The summed E-state index contributed by atoms with van der Waals surface area (Å²) in [6.07, 6.45) is -3.05. The Bertz CT molecular complexity index is 4420. The number of fused-ring (bicyclic) bond motifs is 1. The lowest BCUT2D eigenvalue weighted by molar-refractivity contribution is -0.150. The molecule has 13 amide bonds. The number of aliphatic hydroxyl groups is 2. The van der Waals surface area contributed by atoms with Crippen molar-refractivity contribution in [3.05, 3.63) is 120 Å². The Morgan fingerprint density at radius 2 is 1.26 bits per heavy atom. The number of nitrogens with two attached hydrogens (primary N) is 5. The van der Waals surface area contributed by atoms with Crippen LogP contribution in [0.3, 0.4) is 0 Å². The summed E-state index contributed by atoms with van der Waals surface area (Å²) in [5, 5.41) is 67.0. The zero-order valence-corrected chi connectivity index (χ0v) is 69.2. The first-order valence-electron chi connectivity index (χ1n) is 39.7. The van der Waals surface area contributed by atoms with Crippen LogP contribution >= 0.6 is 11.8 Å². The van der Waals surface area contributed by atoms with E-state index in [2.05, 4.69) is 68.8 Å². The smallest absolute Gasteiger partial charge is 0.345 e. The number of aliphatic hydroxyl groups excluding tert-OH is 2. The molecule has 0 spiro atoms. The van der Waals surface area contributed by atoms with Gasteiger partial charge in [-0.25, -0.2) is 4.79 Å². The molecule has 1 fully saturated rings. The average molecular weight is 1700 g/mol. The highest BCUT2D eigenvalue weighted by Crippen LogP contribution is 2.34. The number of hydrogen-bond acceptors (Lipinski definition) is 26. The van der Waals surface area contributed by atoms with Crippen LogP contribution in [0.4, 0.5) is 4.79 Å². The van der Waals surface area contributed by atoms with Crippen molar-refractivity contribution in [3.63, 3.8) is 0 Å². The topological polar surface area (TPSA) is 634 Å². The fourth-order valence-electron chi connectivity index (χ4n) is 12.6. The number of hydrogen-bond donors (Lipinski definition) is 20. The van der Waals surface area contributed by atoms with Crippen molar-refractivity contribution in [3.8, 4) is 0 Å². The van der Waals surface area contributed by atoms with Gasteiger partial charge in [-0.1, -0.05) is 74.1 Å². The number of carbonyl (C=O) groups excluding carboxylic acids is 14. The number of nitrogens with zero attached hydrogens (tertiary/aromatic N) is 4. The van der Waals surface area contributed by atoms with Crippen molar-refractivity contribution in [1.29, 1.82) is 0 Å². The first-order chi connectivity index (χ1) is 57.7. The lowest BCUT2D eigenvalue weighted by atomic mass is 10.00. The molecule has 1 aliphatic heterocycles. The molecular weight excluding hydrogens is 1590 g/mol. The van der Waals surface area contributed by atoms with Crippen LogP contribution < -0.4 is 92.5 Å². The highest BCUT2D eigenvalue weighted by atomic mass is 32.2. The number of carbonyl (C=O) groups is 15. The van der Waals surface area contributed by atoms with Crippen LogP contribution in [0.1, 0.15) is 126 Å². The van der Waals surface area contributed by atoms with E-state index in [0.717, 1.165) is 11.6 Å². The Hall–Kier alpha value is -11.9. The molecule has 658 valence electrons. The van der Waals surface area contributed by atoms with Crippen LogP contribution in [-0.2, 0) is 73.5 Å². The van der Waals surface area contributed by atoms with E-state index in [-0.39, 0.29) is 109 Å². The molecule has 40 nitrogen and oxygen atoms in total. The largest absolute Gasteiger partial charge is 0.480 e. The minimum Gasteiger partial charge on any atom is -0.480 e. The van der Waals surface area contributed by atoms with Crippen molar-refractivity contribution in [2.24, 2.45) is 34.6 Å². The zero-order valence-electron chi connectivity index (χ0n) is 68.4. The summed E-state index contributed by atoms with van der Waals surface area (Å²) in [5.41, 5.74) is 31.5. The van der Waals surface area contributed by atoms with Crippen molar-refractivity contribution >= 4 is 124 Å². The summed E-state index contributed by atoms with van der Waals surface area (Å²) in [7, 11) is 1.50. The lowest BCUT2D eigenvalue weighted by Gasteiger charge is -2.28. The number of nitrogens with one attached hydrogen (secondary N) is 12. The third-order valence-corrected chi connectivity index (χ3v) is 20.1. The fraction of sp³-hybridized carbons (Fsp3) is 0.487. The molecule has 5 aromatic rings. The van der Waals surface area contributed by atoms with Gasteiger partial charge < -0.3 is 117 Å². The summed E-state index contributed by atoms with van der Waals surface area (Å²) in [5.74, 6) is -13.4. The van der Waals surface area contributed by atoms with Crippen LogP contribution in [0.15, 0.2) is 107 Å². The molecule has 2 aromatic heterocycles. The quantitative estimate of drug-likeness (QED) is 0.0174. The maximum Gasteiger partial charge on any atom is 0.345 e. The molecule has 3 heterocycles. The van der Waals surface area contributed by atoms with Gasteiger partial charge in [0.25, 0.3) is 5.91 Å². The minimum atomic E-state index is -1.85. The molecule has 121 heavy (non-hydrogen) atoms. The molecule has 0 bridgehead atoms. The maximum atomic E-state index is 15.1. The number of carboxylic acid groups (broad SMARTS) is 1. The van der Waals surface area contributed by atoms with Gasteiger partial charge in [0.2, 0.25) is 65.0 Å². The molecule has 1 unspecified atom stereocenters. The Morgan fingerprint density at radius 1 is 0.661 bits per heavy atom. The number of ether oxygens (including phenoxy) is 1. The van der Waals surface area contributed by atoms with E-state index < -0.39 is 187 Å². The monoisotopic (exact) mass is 1700 g/mol. The van der Waals surface area contributed by atoms with Crippen LogP contribution in [-0.4, -0.2) is 262 Å². The Morgan fingerprint density at radius 3 is 1.87 bits per heavy atom. The number of aromatic nitrogens is 3. The second-order valence-electron chi connectivity index (χ2n) is 29.3. The fourth-order valence-corrected chi connectivity index (χ4v) is 13.6. The second-order valence-corrected chi connectivity index (χ2v) is 30.4. The standard InChI is InChI=1S/C80H113N21O19S/c1-44(2)40-60-75(113)92-55(27-32-81)70(108)91-58(30-35-84)74(112)98-67(46(4)102)77(115)89-37-31-59(73(111)90-56(28-33-82)72(110)96-61(76(114)95-60)41-48-14-8-7-9-15-48)93-71(109)57(29-34-83)94-78(116)68(47(5)103)97-65(105)25-26-66(106)120-45(3)43-100(39-38-88-64(104)24-22-53(85)79(117)118)80(119)101-62-42-50(121-63-18-11-10-17-52(63)69(107)86-6)20-21-51(62)54(99-101)23-19-49-16-12-13-36-87-49/h7-21,23,36,42,44-47,53,55-61,67-68,102-103H,22,24-35,37-41,43,81-85H2,1-6H3,(H,86,107)(H,88,104)(H,89,115)(H,90,111)(H,91,108)(H,92,113)(H,93,109)(H,94,116)(H,95,114)(H,96,110)(H,97,105)(H,98,112)(H,117,118)/b23-19+/t45?,46-,47+,53-,55+,56+,57+,58+,59+,60+,61-,67+,68+/m1/s1. The minimum absolute atomic E-state index is 0.00649. The van der Waals surface area contributed by atoms with Crippen LogP contribution in [0.5, 0.6) is 0 Å². The summed E-state index contributed by atoms with van der Waals surface area (Å²) in [4.78, 5) is 216. The van der Waals surface area contributed by atoms with Gasteiger partial charge in [0.1, 0.15) is 66.5 Å². The molecule has 13 atom stereocenters. The third kappa shape index (κ3) is 31.3. The molecule has 3 aromatic carbocycles. The van der Waals surface area contributed by atoms with Crippen molar-refractivity contribution in [1.82, 2.24) is 83.5 Å². The Kier molecular flexibility index (Phi) is 40.2. The number of carboxylic acids is 1.